The van der Waals surface area contributed by atoms with Crippen molar-refractivity contribution in [1.82, 2.24) is 15.1 Å². The lowest BCUT2D eigenvalue weighted by Gasteiger charge is -2.31. The maximum Gasteiger partial charge on any atom is 0.391 e. The van der Waals surface area contributed by atoms with Crippen LogP contribution >= 0.6 is 0 Å². The Morgan fingerprint density at radius 3 is 2.71 bits per heavy atom. The first-order valence-electron chi connectivity index (χ1n) is 7.86. The molecular weight excluding hydrogens is 279 g/mol. The fourth-order valence-corrected chi connectivity index (χ4v) is 3.57. The first-order chi connectivity index (χ1) is 10.0. The van der Waals surface area contributed by atoms with Crippen LogP contribution in [-0.4, -0.2) is 28.5 Å². The van der Waals surface area contributed by atoms with Crippen LogP contribution in [0.4, 0.5) is 13.2 Å². The molecule has 0 spiro atoms. The summed E-state index contributed by atoms with van der Waals surface area (Å²) in [5, 5.41) is 7.77. The molecular formula is C15H22F3N3. The molecule has 1 aliphatic heterocycles. The Morgan fingerprint density at radius 1 is 1.24 bits per heavy atom. The van der Waals surface area contributed by atoms with Crippen molar-refractivity contribution in [3.05, 3.63) is 18.0 Å². The number of hydrogen-bond donors (Lipinski definition) is 1. The Morgan fingerprint density at radius 2 is 2.00 bits per heavy atom. The van der Waals surface area contributed by atoms with Gasteiger partial charge in [-0.05, 0) is 38.3 Å². The Bertz CT molecular complexity index is 463. The van der Waals surface area contributed by atoms with Gasteiger partial charge in [0.25, 0.3) is 0 Å². The van der Waals surface area contributed by atoms with Gasteiger partial charge in [-0.2, -0.15) is 18.3 Å². The first-order valence-corrected chi connectivity index (χ1v) is 7.86. The second-order valence-electron chi connectivity index (χ2n) is 6.34. The smallest absolute Gasteiger partial charge is 0.314 e. The maximum atomic E-state index is 12.8. The van der Waals surface area contributed by atoms with Crippen LogP contribution in [-0.2, 0) is 6.42 Å². The molecule has 1 N–H and O–H groups in total. The highest BCUT2D eigenvalue weighted by atomic mass is 19.4. The lowest BCUT2D eigenvalue weighted by atomic mass is 9.90. The minimum atomic E-state index is -4.07. The molecule has 3 nitrogen and oxygen atoms in total. The standard InChI is InChI=1S/C15H22F3N3/c16-15(17,18)11-5-7-19-13(9-11)10-12-6-8-21(20-12)14-3-1-2-4-14/h6,8,11,13-14,19H,1-5,7,9-10H2. The summed E-state index contributed by atoms with van der Waals surface area (Å²) in [6.07, 6.45) is 3.69. The van der Waals surface area contributed by atoms with E-state index in [-0.39, 0.29) is 18.9 Å². The van der Waals surface area contributed by atoms with Crippen LogP contribution in [0.25, 0.3) is 0 Å². The lowest BCUT2D eigenvalue weighted by Crippen LogP contribution is -2.43. The van der Waals surface area contributed by atoms with Crippen molar-refractivity contribution in [3.8, 4) is 0 Å². The molecule has 0 aromatic carbocycles. The van der Waals surface area contributed by atoms with Crippen LogP contribution in [0.15, 0.2) is 12.3 Å². The molecule has 2 fully saturated rings. The molecule has 1 aromatic rings. The Hall–Kier alpha value is -1.04. The summed E-state index contributed by atoms with van der Waals surface area (Å²) in [4.78, 5) is 0. The van der Waals surface area contributed by atoms with E-state index >= 15 is 0 Å². The van der Waals surface area contributed by atoms with E-state index in [9.17, 15) is 13.2 Å². The molecule has 1 saturated carbocycles. The zero-order chi connectivity index (χ0) is 14.9. The Labute approximate surface area is 122 Å². The molecule has 1 aromatic heterocycles. The van der Waals surface area contributed by atoms with Crippen molar-refractivity contribution in [3.63, 3.8) is 0 Å². The van der Waals surface area contributed by atoms with Gasteiger partial charge in [0.15, 0.2) is 0 Å². The average Bonchev–Trinajstić information content (AvgIpc) is 3.08. The Kier molecular flexibility index (Phi) is 4.24. The van der Waals surface area contributed by atoms with E-state index in [2.05, 4.69) is 10.4 Å². The van der Waals surface area contributed by atoms with Gasteiger partial charge in [0.05, 0.1) is 17.7 Å². The predicted molar refractivity (Wildman–Crippen MR) is 74.0 cm³/mol. The van der Waals surface area contributed by atoms with Crippen LogP contribution in [0.2, 0.25) is 0 Å². The number of piperidine rings is 1. The van der Waals surface area contributed by atoms with Crippen molar-refractivity contribution >= 4 is 0 Å². The topological polar surface area (TPSA) is 29.9 Å². The van der Waals surface area contributed by atoms with Crippen molar-refractivity contribution in [2.45, 2.75) is 63.2 Å². The summed E-state index contributed by atoms with van der Waals surface area (Å²) in [6.45, 7) is 0.443. The van der Waals surface area contributed by atoms with E-state index in [1.54, 1.807) is 0 Å². The number of aromatic nitrogens is 2. The van der Waals surface area contributed by atoms with Gasteiger partial charge in [-0.3, -0.25) is 4.68 Å². The number of rotatable bonds is 3. The van der Waals surface area contributed by atoms with E-state index in [0.29, 0.717) is 19.0 Å². The number of hydrogen-bond acceptors (Lipinski definition) is 2. The Balaban J connectivity index is 1.58. The van der Waals surface area contributed by atoms with E-state index in [1.165, 1.54) is 25.7 Å². The van der Waals surface area contributed by atoms with Crippen LogP contribution in [0.1, 0.15) is 50.3 Å². The molecule has 0 bridgehead atoms. The molecule has 2 unspecified atom stereocenters. The second kappa shape index (κ2) is 5.99. The molecule has 1 saturated heterocycles. The SMILES string of the molecule is FC(F)(F)C1CCNC(Cc2ccn(C3CCCC3)n2)C1. The van der Waals surface area contributed by atoms with Crippen molar-refractivity contribution < 1.29 is 13.2 Å². The molecule has 21 heavy (non-hydrogen) atoms. The summed E-state index contributed by atoms with van der Waals surface area (Å²) in [5.41, 5.74) is 0.905. The monoisotopic (exact) mass is 301 g/mol. The number of nitrogens with zero attached hydrogens (tertiary/aromatic N) is 2. The summed E-state index contributed by atoms with van der Waals surface area (Å²) >= 11 is 0. The third-order valence-corrected chi connectivity index (χ3v) is 4.78. The fourth-order valence-electron chi connectivity index (χ4n) is 3.57. The third-order valence-electron chi connectivity index (χ3n) is 4.78. The largest absolute Gasteiger partial charge is 0.391 e. The summed E-state index contributed by atoms with van der Waals surface area (Å²) in [7, 11) is 0. The van der Waals surface area contributed by atoms with Crippen LogP contribution in [0, 0.1) is 5.92 Å². The van der Waals surface area contributed by atoms with Gasteiger partial charge in [-0.1, -0.05) is 12.8 Å². The zero-order valence-corrected chi connectivity index (χ0v) is 12.1. The minimum absolute atomic E-state index is 0.114. The molecule has 0 amide bonds. The predicted octanol–water partition coefficient (Wildman–Crippen LogP) is 3.47. The van der Waals surface area contributed by atoms with E-state index in [0.717, 1.165) is 5.69 Å². The van der Waals surface area contributed by atoms with Gasteiger partial charge in [-0.25, -0.2) is 0 Å². The molecule has 3 rings (SSSR count). The zero-order valence-electron chi connectivity index (χ0n) is 12.1. The lowest BCUT2D eigenvalue weighted by molar-refractivity contribution is -0.183. The van der Waals surface area contributed by atoms with Gasteiger partial charge in [0.2, 0.25) is 0 Å². The van der Waals surface area contributed by atoms with Gasteiger partial charge >= 0.3 is 6.18 Å². The highest BCUT2D eigenvalue weighted by molar-refractivity contribution is 5.03. The average molecular weight is 301 g/mol. The molecule has 1 aliphatic carbocycles. The van der Waals surface area contributed by atoms with E-state index < -0.39 is 12.1 Å². The molecule has 0 radical (unpaired) electrons. The van der Waals surface area contributed by atoms with Gasteiger partial charge in [-0.15, -0.1) is 0 Å². The molecule has 118 valence electrons. The quantitative estimate of drug-likeness (QED) is 0.926. The second-order valence-corrected chi connectivity index (χ2v) is 6.34. The van der Waals surface area contributed by atoms with Crippen LogP contribution < -0.4 is 5.32 Å². The van der Waals surface area contributed by atoms with Gasteiger partial charge in [0.1, 0.15) is 0 Å². The normalized spacial score (nSPS) is 28.1. The highest BCUT2D eigenvalue weighted by Gasteiger charge is 2.42. The number of nitrogens with one attached hydrogen (secondary N) is 1. The van der Waals surface area contributed by atoms with Crippen molar-refractivity contribution in [2.24, 2.45) is 5.92 Å². The van der Waals surface area contributed by atoms with Crippen LogP contribution in [0.3, 0.4) is 0 Å². The fraction of sp³-hybridized carbons (Fsp3) is 0.800. The van der Waals surface area contributed by atoms with E-state index in [1.807, 2.05) is 16.9 Å². The molecule has 2 heterocycles. The highest BCUT2D eigenvalue weighted by Crippen LogP contribution is 2.34. The van der Waals surface area contributed by atoms with Crippen molar-refractivity contribution in [2.75, 3.05) is 6.54 Å². The van der Waals surface area contributed by atoms with Gasteiger partial charge < -0.3 is 5.32 Å². The van der Waals surface area contributed by atoms with E-state index in [4.69, 9.17) is 0 Å². The van der Waals surface area contributed by atoms with Crippen LogP contribution in [0.5, 0.6) is 0 Å². The number of halogens is 3. The molecule has 2 atom stereocenters. The summed E-state index contributed by atoms with van der Waals surface area (Å²) in [5.74, 6) is -1.17. The molecule has 6 heteroatoms. The van der Waals surface area contributed by atoms with Gasteiger partial charge in [0, 0.05) is 18.7 Å². The third kappa shape index (κ3) is 3.59. The molecule has 2 aliphatic rings. The minimum Gasteiger partial charge on any atom is -0.314 e. The number of alkyl halides is 3. The first kappa shape index (κ1) is 14.9. The maximum absolute atomic E-state index is 12.8. The summed E-state index contributed by atoms with van der Waals surface area (Å²) in [6, 6.07) is 2.33. The van der Waals surface area contributed by atoms with Crippen molar-refractivity contribution in [1.29, 1.82) is 0 Å². The summed E-state index contributed by atoms with van der Waals surface area (Å²) < 4.78 is 40.4.